The lowest BCUT2D eigenvalue weighted by molar-refractivity contribution is -0.158. The molecule has 0 amide bonds. The van der Waals surface area contributed by atoms with Crippen molar-refractivity contribution < 1.29 is 38.1 Å². The van der Waals surface area contributed by atoms with E-state index in [1.165, 1.54) is 19.3 Å². The van der Waals surface area contributed by atoms with Crippen LogP contribution in [0.4, 0.5) is 0 Å². The minimum absolute atomic E-state index is 0.134. The van der Waals surface area contributed by atoms with Crippen LogP contribution in [0.2, 0.25) is 0 Å². The van der Waals surface area contributed by atoms with Gasteiger partial charge in [0.1, 0.15) is 17.2 Å². The van der Waals surface area contributed by atoms with Crippen LogP contribution in [-0.4, -0.2) is 36.9 Å². The van der Waals surface area contributed by atoms with Crippen LogP contribution in [0.3, 0.4) is 0 Å². The Morgan fingerprint density at radius 3 is 2.02 bits per heavy atom. The van der Waals surface area contributed by atoms with E-state index in [1.54, 1.807) is 48.5 Å². The van der Waals surface area contributed by atoms with Gasteiger partial charge in [0.25, 0.3) is 0 Å². The fourth-order valence-corrected chi connectivity index (χ4v) is 4.89. The molecule has 2 aromatic rings. The Morgan fingerprint density at radius 1 is 0.791 bits per heavy atom. The van der Waals surface area contributed by atoms with E-state index in [-0.39, 0.29) is 18.0 Å². The topological polar surface area (TPSA) is 97.4 Å². The largest absolute Gasteiger partial charge is 0.455 e. The maximum atomic E-state index is 12.7. The third kappa shape index (κ3) is 12.2. The van der Waals surface area contributed by atoms with Gasteiger partial charge >= 0.3 is 17.9 Å². The molecular formula is C35H46O8. The maximum absolute atomic E-state index is 12.7. The lowest BCUT2D eigenvalue weighted by Gasteiger charge is -2.27. The van der Waals surface area contributed by atoms with Crippen LogP contribution < -0.4 is 14.2 Å². The fraction of sp³-hybridized carbons (Fsp3) is 0.514. The molecule has 1 unspecified atom stereocenters. The smallest absolute Gasteiger partial charge is 0.343 e. The van der Waals surface area contributed by atoms with Crippen LogP contribution in [0.25, 0.3) is 0 Å². The van der Waals surface area contributed by atoms with Gasteiger partial charge in [-0.1, -0.05) is 52.5 Å². The van der Waals surface area contributed by atoms with Crippen LogP contribution in [0.1, 0.15) is 101 Å². The Balaban J connectivity index is 1.43. The van der Waals surface area contributed by atoms with Gasteiger partial charge in [0.05, 0.1) is 17.6 Å². The number of ether oxygens (including phenoxy) is 5. The molecule has 0 aromatic heterocycles. The van der Waals surface area contributed by atoms with E-state index >= 15 is 0 Å². The second-order valence-electron chi connectivity index (χ2n) is 10.9. The lowest BCUT2D eigenvalue weighted by atomic mass is 9.87. The van der Waals surface area contributed by atoms with Crippen molar-refractivity contribution in [3.8, 4) is 17.2 Å². The molecule has 0 aliphatic heterocycles. The number of unbranched alkanes of at least 4 members (excludes halogenated alkanes) is 5. The van der Waals surface area contributed by atoms with Crippen molar-refractivity contribution in [3.63, 3.8) is 0 Å². The number of rotatable bonds is 18. The first-order chi connectivity index (χ1) is 20.9. The molecule has 0 radical (unpaired) electrons. The van der Waals surface area contributed by atoms with Crippen LogP contribution in [0.15, 0.2) is 61.2 Å². The summed E-state index contributed by atoms with van der Waals surface area (Å²) >= 11 is 0. The zero-order chi connectivity index (χ0) is 30.9. The summed E-state index contributed by atoms with van der Waals surface area (Å²) in [7, 11) is 0. The number of carbonyl (C=O) groups is 3. The van der Waals surface area contributed by atoms with Gasteiger partial charge in [0, 0.05) is 19.1 Å². The summed E-state index contributed by atoms with van der Waals surface area (Å²) in [4.78, 5) is 37.0. The highest BCUT2D eigenvalue weighted by Crippen LogP contribution is 2.29. The quantitative estimate of drug-likeness (QED) is 0.0563. The Morgan fingerprint density at radius 2 is 1.40 bits per heavy atom. The highest BCUT2D eigenvalue weighted by atomic mass is 16.7. The molecule has 0 heterocycles. The van der Waals surface area contributed by atoms with Crippen molar-refractivity contribution in [2.75, 3.05) is 6.61 Å². The molecule has 1 aliphatic carbocycles. The third-order valence-corrected chi connectivity index (χ3v) is 7.43. The van der Waals surface area contributed by atoms with Gasteiger partial charge in [-0.25, -0.2) is 9.59 Å². The summed E-state index contributed by atoms with van der Waals surface area (Å²) in [5.41, 5.74) is 0.328. The van der Waals surface area contributed by atoms with Gasteiger partial charge in [-0.05, 0) is 87.1 Å². The zero-order valence-electron chi connectivity index (χ0n) is 25.6. The molecule has 1 fully saturated rings. The van der Waals surface area contributed by atoms with Crippen molar-refractivity contribution in [3.05, 3.63) is 66.7 Å². The Labute approximate surface area is 255 Å². The van der Waals surface area contributed by atoms with Crippen LogP contribution in [-0.2, 0) is 19.1 Å². The SMILES string of the molecule is C=CC(=O)OC(CCCCC)Oc1ccc(C(=O)Oc2ccc(OC(=O)C3CCC(OCCCCCC)CC3)cc2)cc1. The third-order valence-electron chi connectivity index (χ3n) is 7.43. The predicted molar refractivity (Wildman–Crippen MR) is 164 cm³/mol. The molecular weight excluding hydrogens is 548 g/mol. The van der Waals surface area contributed by atoms with E-state index in [1.807, 2.05) is 0 Å². The van der Waals surface area contributed by atoms with Crippen LogP contribution in [0, 0.1) is 5.92 Å². The minimum Gasteiger partial charge on any atom is -0.455 e. The van der Waals surface area contributed by atoms with E-state index in [0.29, 0.717) is 29.2 Å². The molecule has 0 saturated heterocycles. The summed E-state index contributed by atoms with van der Waals surface area (Å²) in [6.07, 6.45) is 12.1. The summed E-state index contributed by atoms with van der Waals surface area (Å²) in [6.45, 7) is 8.51. The summed E-state index contributed by atoms with van der Waals surface area (Å²) in [5, 5.41) is 0. The standard InChI is InChI=1S/C35H46O8/c1-4-7-9-11-25-39-28-17-13-26(14-18-28)34(37)41-30-21-23-31(24-22-30)42-35(38)27-15-19-29(20-16-27)40-33(12-10-8-5-2)43-32(36)6-3/h6,15-16,19-24,26,28,33H,3-5,7-14,17-18,25H2,1-2H3. The van der Waals surface area contributed by atoms with E-state index in [9.17, 15) is 14.4 Å². The van der Waals surface area contributed by atoms with Crippen molar-refractivity contribution in [1.29, 1.82) is 0 Å². The number of hydrogen-bond donors (Lipinski definition) is 0. The molecule has 1 saturated carbocycles. The first-order valence-electron chi connectivity index (χ1n) is 15.7. The second-order valence-corrected chi connectivity index (χ2v) is 10.9. The molecule has 3 rings (SSSR count). The zero-order valence-corrected chi connectivity index (χ0v) is 25.6. The lowest BCUT2D eigenvalue weighted by Crippen LogP contribution is -2.29. The Bertz CT molecular complexity index is 1130. The average molecular weight is 595 g/mol. The summed E-state index contributed by atoms with van der Waals surface area (Å²) < 4.78 is 28.2. The number of benzene rings is 2. The van der Waals surface area contributed by atoms with Gasteiger partial charge in [-0.3, -0.25) is 4.79 Å². The van der Waals surface area contributed by atoms with Crippen LogP contribution >= 0.6 is 0 Å². The van der Waals surface area contributed by atoms with E-state index in [0.717, 1.165) is 64.0 Å². The summed E-state index contributed by atoms with van der Waals surface area (Å²) in [5.74, 6) is -0.267. The Hall–Kier alpha value is -3.65. The van der Waals surface area contributed by atoms with Crippen molar-refractivity contribution in [2.45, 2.75) is 103 Å². The van der Waals surface area contributed by atoms with Crippen LogP contribution in [0.5, 0.6) is 17.2 Å². The number of hydrogen-bond acceptors (Lipinski definition) is 8. The van der Waals surface area contributed by atoms with Gasteiger partial charge in [0.15, 0.2) is 0 Å². The maximum Gasteiger partial charge on any atom is 0.343 e. The molecule has 1 aliphatic rings. The van der Waals surface area contributed by atoms with Gasteiger partial charge in [0.2, 0.25) is 6.29 Å². The van der Waals surface area contributed by atoms with Gasteiger partial charge < -0.3 is 23.7 Å². The van der Waals surface area contributed by atoms with Crippen molar-refractivity contribution in [1.82, 2.24) is 0 Å². The van der Waals surface area contributed by atoms with E-state index in [2.05, 4.69) is 20.4 Å². The molecule has 8 nitrogen and oxygen atoms in total. The Kier molecular flexibility index (Phi) is 14.8. The summed E-state index contributed by atoms with van der Waals surface area (Å²) in [6, 6.07) is 12.8. The normalized spacial score (nSPS) is 17.0. The second kappa shape index (κ2) is 18.8. The molecule has 2 aromatic carbocycles. The van der Waals surface area contributed by atoms with Crippen molar-refractivity contribution in [2.24, 2.45) is 5.92 Å². The number of esters is 3. The predicted octanol–water partition coefficient (Wildman–Crippen LogP) is 7.98. The molecule has 0 bridgehead atoms. The highest BCUT2D eigenvalue weighted by Gasteiger charge is 2.28. The molecule has 0 N–H and O–H groups in total. The first-order valence-corrected chi connectivity index (χ1v) is 15.7. The first kappa shape index (κ1) is 33.8. The highest BCUT2D eigenvalue weighted by molar-refractivity contribution is 5.91. The van der Waals surface area contributed by atoms with Crippen molar-refractivity contribution >= 4 is 17.9 Å². The monoisotopic (exact) mass is 594 g/mol. The molecule has 8 heteroatoms. The number of carbonyl (C=O) groups excluding carboxylic acids is 3. The van der Waals surface area contributed by atoms with E-state index < -0.39 is 18.2 Å². The molecule has 0 spiro atoms. The molecule has 234 valence electrons. The fourth-order valence-electron chi connectivity index (χ4n) is 4.89. The average Bonchev–Trinajstić information content (AvgIpc) is 3.02. The van der Waals surface area contributed by atoms with E-state index in [4.69, 9.17) is 23.7 Å². The van der Waals surface area contributed by atoms with Gasteiger partial charge in [-0.15, -0.1) is 0 Å². The van der Waals surface area contributed by atoms with Gasteiger partial charge in [-0.2, -0.15) is 0 Å². The molecule has 43 heavy (non-hydrogen) atoms. The minimum atomic E-state index is -0.739. The molecule has 1 atom stereocenters.